The molecule has 0 unspecified atom stereocenters. The summed E-state index contributed by atoms with van der Waals surface area (Å²) in [5.41, 5.74) is 2.03. The maximum Gasteiger partial charge on any atom is 0.246 e. The lowest BCUT2D eigenvalue weighted by atomic mass is 10.1. The number of nitrogens with zero attached hydrogens (tertiary/aromatic N) is 1. The molecule has 5 heteroatoms. The summed E-state index contributed by atoms with van der Waals surface area (Å²) in [7, 11) is 0. The van der Waals surface area contributed by atoms with Crippen molar-refractivity contribution in [3.05, 3.63) is 58.9 Å². The number of carbonyl (C=O) groups excluding carboxylic acids is 1. The molecule has 1 amide bonds. The molecule has 0 fully saturated rings. The van der Waals surface area contributed by atoms with Crippen LogP contribution in [-0.4, -0.2) is 12.5 Å². The summed E-state index contributed by atoms with van der Waals surface area (Å²) in [5.74, 6) is -0.568. The maximum atomic E-state index is 14.0. The van der Waals surface area contributed by atoms with Gasteiger partial charge in [0.15, 0.2) is 0 Å². The highest BCUT2D eigenvalue weighted by Gasteiger charge is 2.24. The molecule has 0 aliphatic carbocycles. The summed E-state index contributed by atoms with van der Waals surface area (Å²) in [6.07, 6.45) is 0. The molecule has 2 aromatic rings. The molecule has 0 aromatic heterocycles. The zero-order valence-electron chi connectivity index (χ0n) is 10.6. The number of hydrogen-bond donors (Lipinski definition) is 1. The summed E-state index contributed by atoms with van der Waals surface area (Å²) < 4.78 is 14.0. The van der Waals surface area contributed by atoms with Gasteiger partial charge in [-0.25, -0.2) is 4.39 Å². The molecule has 0 radical (unpaired) electrons. The van der Waals surface area contributed by atoms with Gasteiger partial charge in [-0.1, -0.05) is 35.9 Å². The van der Waals surface area contributed by atoms with Crippen molar-refractivity contribution in [2.24, 2.45) is 0 Å². The second-order valence-corrected chi connectivity index (χ2v) is 4.97. The lowest BCUT2D eigenvalue weighted by Crippen LogP contribution is -2.39. The molecule has 0 spiro atoms. The Hall–Kier alpha value is -2.07. The van der Waals surface area contributed by atoms with Gasteiger partial charge in [0, 0.05) is 5.56 Å². The third-order valence-electron chi connectivity index (χ3n) is 3.29. The lowest BCUT2D eigenvalue weighted by molar-refractivity contribution is -0.117. The fraction of sp³-hybridized carbons (Fsp3) is 0.133. The van der Waals surface area contributed by atoms with Crippen LogP contribution in [0.4, 0.5) is 15.8 Å². The monoisotopic (exact) mass is 290 g/mol. The summed E-state index contributed by atoms with van der Waals surface area (Å²) in [5, 5.41) is 3.11. The fourth-order valence-electron chi connectivity index (χ4n) is 2.27. The standard InChI is InChI=1S/C15H12ClFN2O/c16-11-5-3-4-10(15(11)17)9-19-13-7-2-1-6-12(13)18-8-14(19)20/h1-7,18H,8-9H2. The number of para-hydroxylation sites is 2. The Kier molecular flexibility index (Phi) is 3.32. The molecule has 1 aliphatic heterocycles. The van der Waals surface area contributed by atoms with E-state index >= 15 is 0 Å². The predicted octanol–water partition coefficient (Wildman–Crippen LogP) is 3.44. The first kappa shape index (κ1) is 12.9. The topological polar surface area (TPSA) is 32.3 Å². The van der Waals surface area contributed by atoms with E-state index < -0.39 is 5.82 Å². The molecule has 1 aliphatic rings. The number of fused-ring (bicyclic) bond motifs is 1. The summed E-state index contributed by atoms with van der Waals surface area (Å²) in [6, 6.07) is 12.3. The minimum Gasteiger partial charge on any atom is -0.374 e. The molecule has 0 bridgehead atoms. The van der Waals surface area contributed by atoms with E-state index in [9.17, 15) is 9.18 Å². The Morgan fingerprint density at radius 2 is 2.00 bits per heavy atom. The van der Waals surface area contributed by atoms with Crippen molar-refractivity contribution in [3.63, 3.8) is 0 Å². The normalized spacial score (nSPS) is 13.9. The highest BCUT2D eigenvalue weighted by atomic mass is 35.5. The number of anilines is 2. The van der Waals surface area contributed by atoms with Crippen molar-refractivity contribution in [1.82, 2.24) is 0 Å². The Morgan fingerprint density at radius 3 is 2.85 bits per heavy atom. The minimum atomic E-state index is -0.474. The summed E-state index contributed by atoms with van der Waals surface area (Å²) >= 11 is 5.78. The van der Waals surface area contributed by atoms with Crippen LogP contribution < -0.4 is 10.2 Å². The molecule has 1 N–H and O–H groups in total. The van der Waals surface area contributed by atoms with E-state index in [0.717, 1.165) is 11.4 Å². The van der Waals surface area contributed by atoms with Crippen LogP contribution in [0, 0.1) is 5.82 Å². The first-order valence-electron chi connectivity index (χ1n) is 6.23. The Balaban J connectivity index is 1.98. The summed E-state index contributed by atoms with van der Waals surface area (Å²) in [4.78, 5) is 13.6. The summed E-state index contributed by atoms with van der Waals surface area (Å²) in [6.45, 7) is 0.378. The van der Waals surface area contributed by atoms with Crippen molar-refractivity contribution < 1.29 is 9.18 Å². The van der Waals surface area contributed by atoms with E-state index in [1.165, 1.54) is 6.07 Å². The number of hydrogen-bond acceptors (Lipinski definition) is 2. The van der Waals surface area contributed by atoms with Crippen molar-refractivity contribution in [2.75, 3.05) is 16.8 Å². The van der Waals surface area contributed by atoms with Gasteiger partial charge in [-0.05, 0) is 18.2 Å². The smallest absolute Gasteiger partial charge is 0.246 e. The zero-order chi connectivity index (χ0) is 14.1. The quantitative estimate of drug-likeness (QED) is 0.919. The molecular formula is C15H12ClFN2O. The molecule has 0 atom stereocenters. The van der Waals surface area contributed by atoms with Gasteiger partial charge in [-0.15, -0.1) is 0 Å². The van der Waals surface area contributed by atoms with Crippen LogP contribution >= 0.6 is 11.6 Å². The Morgan fingerprint density at radius 1 is 1.20 bits per heavy atom. The largest absolute Gasteiger partial charge is 0.374 e. The molecule has 2 aromatic carbocycles. The van der Waals surface area contributed by atoms with Crippen molar-refractivity contribution in [2.45, 2.75) is 6.54 Å². The molecular weight excluding hydrogens is 279 g/mol. The van der Waals surface area contributed by atoms with Crippen molar-refractivity contribution in [3.8, 4) is 0 Å². The van der Waals surface area contributed by atoms with Gasteiger partial charge in [-0.3, -0.25) is 4.79 Å². The lowest BCUT2D eigenvalue weighted by Gasteiger charge is -2.30. The van der Waals surface area contributed by atoms with Crippen LogP contribution in [0.25, 0.3) is 0 Å². The van der Waals surface area contributed by atoms with Gasteiger partial charge in [-0.2, -0.15) is 0 Å². The van der Waals surface area contributed by atoms with E-state index in [0.29, 0.717) is 5.56 Å². The number of benzene rings is 2. The second kappa shape index (κ2) is 5.13. The second-order valence-electron chi connectivity index (χ2n) is 4.56. The molecule has 0 saturated heterocycles. The van der Waals surface area contributed by atoms with E-state index in [2.05, 4.69) is 5.32 Å². The van der Waals surface area contributed by atoms with E-state index in [1.807, 2.05) is 24.3 Å². The molecule has 20 heavy (non-hydrogen) atoms. The van der Waals surface area contributed by atoms with Crippen LogP contribution in [0.2, 0.25) is 5.02 Å². The van der Waals surface area contributed by atoms with Crippen LogP contribution in [-0.2, 0) is 11.3 Å². The molecule has 102 valence electrons. The average Bonchev–Trinajstić information content (AvgIpc) is 2.46. The first-order valence-corrected chi connectivity index (χ1v) is 6.61. The van der Waals surface area contributed by atoms with Crippen LogP contribution in [0.15, 0.2) is 42.5 Å². The number of amides is 1. The SMILES string of the molecule is O=C1CNc2ccccc2N1Cc1cccc(Cl)c1F. The average molecular weight is 291 g/mol. The van der Waals surface area contributed by atoms with E-state index in [-0.39, 0.29) is 24.0 Å². The van der Waals surface area contributed by atoms with Gasteiger partial charge >= 0.3 is 0 Å². The first-order chi connectivity index (χ1) is 9.66. The van der Waals surface area contributed by atoms with Gasteiger partial charge in [0.1, 0.15) is 5.82 Å². The highest BCUT2D eigenvalue weighted by molar-refractivity contribution is 6.30. The van der Waals surface area contributed by atoms with E-state index in [4.69, 9.17) is 11.6 Å². The van der Waals surface area contributed by atoms with Gasteiger partial charge in [0.05, 0.1) is 29.5 Å². The van der Waals surface area contributed by atoms with E-state index in [1.54, 1.807) is 17.0 Å². The highest BCUT2D eigenvalue weighted by Crippen LogP contribution is 2.31. The third kappa shape index (κ3) is 2.23. The van der Waals surface area contributed by atoms with Crippen LogP contribution in [0.3, 0.4) is 0 Å². The van der Waals surface area contributed by atoms with Crippen LogP contribution in [0.1, 0.15) is 5.56 Å². The molecule has 0 saturated carbocycles. The molecule has 1 heterocycles. The third-order valence-corrected chi connectivity index (χ3v) is 3.58. The maximum absolute atomic E-state index is 14.0. The van der Waals surface area contributed by atoms with Gasteiger partial charge < -0.3 is 10.2 Å². The van der Waals surface area contributed by atoms with Gasteiger partial charge in [0.25, 0.3) is 0 Å². The van der Waals surface area contributed by atoms with Crippen molar-refractivity contribution >= 4 is 28.9 Å². The Labute approximate surface area is 121 Å². The molecule has 3 rings (SSSR count). The fourth-order valence-corrected chi connectivity index (χ4v) is 2.47. The zero-order valence-corrected chi connectivity index (χ0v) is 11.3. The predicted molar refractivity (Wildman–Crippen MR) is 77.5 cm³/mol. The Bertz CT molecular complexity index is 675. The minimum absolute atomic E-state index is 0.0679. The number of nitrogens with one attached hydrogen (secondary N) is 1. The van der Waals surface area contributed by atoms with Crippen LogP contribution in [0.5, 0.6) is 0 Å². The number of carbonyl (C=O) groups is 1. The van der Waals surface area contributed by atoms with Gasteiger partial charge in [0.2, 0.25) is 5.91 Å². The van der Waals surface area contributed by atoms with Crippen molar-refractivity contribution in [1.29, 1.82) is 0 Å². The number of rotatable bonds is 2. The molecule has 3 nitrogen and oxygen atoms in total. The number of halogens is 2.